The predicted molar refractivity (Wildman–Crippen MR) is 74.4 cm³/mol. The molecule has 2 rings (SSSR count). The Morgan fingerprint density at radius 3 is 2.42 bits per heavy atom. The summed E-state index contributed by atoms with van der Waals surface area (Å²) < 4.78 is 39.0. The van der Waals surface area contributed by atoms with Gasteiger partial charge in [0.15, 0.2) is 0 Å². The highest BCUT2D eigenvalue weighted by Gasteiger charge is 2.30. The third kappa shape index (κ3) is 3.70. The Balaban J connectivity index is 2.34. The van der Waals surface area contributed by atoms with Crippen LogP contribution in [0.5, 0.6) is 0 Å². The van der Waals surface area contributed by atoms with Crippen molar-refractivity contribution in [3.8, 4) is 0 Å². The van der Waals surface area contributed by atoms with E-state index in [1.807, 2.05) is 0 Å². The fraction of sp³-hybridized carbons (Fsp3) is 0.0833. The molecular weight excluding hydrogens is 389 g/mol. The molecule has 0 atom stereocenters. The van der Waals surface area contributed by atoms with Crippen molar-refractivity contribution in [2.45, 2.75) is 6.18 Å². The van der Waals surface area contributed by atoms with Crippen LogP contribution in [-0.2, 0) is 6.18 Å². The number of pyridine rings is 1. The Morgan fingerprint density at radius 2 is 1.79 bits per heavy atom. The van der Waals surface area contributed by atoms with E-state index in [2.05, 4.69) is 42.2 Å². The minimum atomic E-state index is -4.37. The van der Waals surface area contributed by atoms with Crippen LogP contribution >= 0.6 is 31.9 Å². The fourth-order valence-electron chi connectivity index (χ4n) is 1.41. The van der Waals surface area contributed by atoms with Gasteiger partial charge in [-0.2, -0.15) is 13.2 Å². The Kier molecular flexibility index (Phi) is 4.15. The van der Waals surface area contributed by atoms with Gasteiger partial charge in [-0.05, 0) is 62.2 Å². The number of rotatable bonds is 2. The van der Waals surface area contributed by atoms with E-state index < -0.39 is 11.7 Å². The number of nitrogens with one attached hydrogen (secondary N) is 1. The number of nitrogens with zero attached hydrogens (tertiary/aromatic N) is 1. The second-order valence-corrected chi connectivity index (χ2v) is 5.33. The predicted octanol–water partition coefficient (Wildman–Crippen LogP) is 5.37. The topological polar surface area (TPSA) is 24.9 Å². The maximum absolute atomic E-state index is 12.6. The van der Waals surface area contributed by atoms with E-state index in [-0.39, 0.29) is 0 Å². The second kappa shape index (κ2) is 5.50. The molecule has 0 saturated carbocycles. The van der Waals surface area contributed by atoms with Crippen LogP contribution in [0.4, 0.5) is 24.7 Å². The molecule has 0 saturated heterocycles. The van der Waals surface area contributed by atoms with Crippen molar-refractivity contribution in [2.75, 3.05) is 5.32 Å². The van der Waals surface area contributed by atoms with E-state index in [0.717, 1.165) is 12.1 Å². The van der Waals surface area contributed by atoms with Gasteiger partial charge in [0.05, 0.1) is 11.3 Å². The summed E-state index contributed by atoms with van der Waals surface area (Å²) in [6, 6.07) is 8.53. The van der Waals surface area contributed by atoms with Gasteiger partial charge >= 0.3 is 6.18 Å². The summed E-state index contributed by atoms with van der Waals surface area (Å²) in [7, 11) is 0. The van der Waals surface area contributed by atoms with Gasteiger partial charge in [0.1, 0.15) is 10.4 Å². The minimum absolute atomic E-state index is 0.306. The summed E-state index contributed by atoms with van der Waals surface area (Å²) in [6.45, 7) is 0. The quantitative estimate of drug-likeness (QED) is 0.691. The summed E-state index contributed by atoms with van der Waals surface area (Å²) in [4.78, 5) is 4.10. The lowest BCUT2D eigenvalue weighted by molar-refractivity contribution is -0.137. The fourth-order valence-corrected chi connectivity index (χ4v) is 2.10. The van der Waals surface area contributed by atoms with Gasteiger partial charge in [0.25, 0.3) is 0 Å². The zero-order valence-corrected chi connectivity index (χ0v) is 12.5. The lowest BCUT2D eigenvalue weighted by Crippen LogP contribution is -2.05. The first-order chi connectivity index (χ1) is 8.86. The second-order valence-electron chi connectivity index (χ2n) is 3.66. The number of aromatic nitrogens is 1. The van der Waals surface area contributed by atoms with Gasteiger partial charge < -0.3 is 5.32 Å². The Hall–Kier alpha value is -1.08. The molecular formula is C12H7Br2F3N2. The molecule has 0 aliphatic heterocycles. The molecule has 1 aromatic carbocycles. The molecule has 0 aliphatic carbocycles. The summed E-state index contributed by atoms with van der Waals surface area (Å²) in [6.07, 6.45) is -4.37. The highest BCUT2D eigenvalue weighted by Crippen LogP contribution is 2.34. The highest BCUT2D eigenvalue weighted by atomic mass is 79.9. The van der Waals surface area contributed by atoms with Crippen LogP contribution in [0.1, 0.15) is 5.56 Å². The zero-order chi connectivity index (χ0) is 14.0. The number of anilines is 2. The highest BCUT2D eigenvalue weighted by molar-refractivity contribution is 9.10. The Morgan fingerprint density at radius 1 is 1.05 bits per heavy atom. The molecule has 7 heteroatoms. The molecule has 1 heterocycles. The van der Waals surface area contributed by atoms with Crippen LogP contribution in [0, 0.1) is 0 Å². The van der Waals surface area contributed by atoms with E-state index in [4.69, 9.17) is 0 Å². The molecule has 0 bridgehead atoms. The van der Waals surface area contributed by atoms with E-state index in [0.29, 0.717) is 20.6 Å². The summed E-state index contributed by atoms with van der Waals surface area (Å²) in [5.41, 5.74) is -0.409. The van der Waals surface area contributed by atoms with Crippen molar-refractivity contribution in [1.29, 1.82) is 0 Å². The van der Waals surface area contributed by atoms with Crippen LogP contribution in [0.15, 0.2) is 45.5 Å². The van der Waals surface area contributed by atoms with Gasteiger partial charge in [-0.3, -0.25) is 0 Å². The van der Waals surface area contributed by atoms with Crippen molar-refractivity contribution in [3.05, 3.63) is 51.0 Å². The zero-order valence-electron chi connectivity index (χ0n) is 9.30. The monoisotopic (exact) mass is 394 g/mol. The van der Waals surface area contributed by atoms with E-state index in [9.17, 15) is 13.2 Å². The van der Waals surface area contributed by atoms with Gasteiger partial charge in [-0.1, -0.05) is 6.07 Å². The maximum Gasteiger partial charge on any atom is 0.416 e. The smallest absolute Gasteiger partial charge is 0.339 e. The van der Waals surface area contributed by atoms with Crippen LogP contribution in [0.3, 0.4) is 0 Å². The molecule has 2 nitrogen and oxygen atoms in total. The number of benzene rings is 1. The molecule has 0 spiro atoms. The lowest BCUT2D eigenvalue weighted by atomic mass is 10.2. The van der Waals surface area contributed by atoms with Gasteiger partial charge in [-0.25, -0.2) is 4.98 Å². The first kappa shape index (κ1) is 14.3. The molecule has 0 fully saturated rings. The largest absolute Gasteiger partial charge is 0.416 e. The normalized spacial score (nSPS) is 11.4. The van der Waals surface area contributed by atoms with Gasteiger partial charge in [0.2, 0.25) is 0 Å². The third-order valence-electron chi connectivity index (χ3n) is 2.27. The van der Waals surface area contributed by atoms with Crippen molar-refractivity contribution in [3.63, 3.8) is 0 Å². The van der Waals surface area contributed by atoms with Crippen molar-refractivity contribution < 1.29 is 13.2 Å². The van der Waals surface area contributed by atoms with Gasteiger partial charge in [0, 0.05) is 4.47 Å². The molecule has 2 aromatic rings. The molecule has 0 aliphatic rings. The standard InChI is InChI=1S/C12H7Br2F3N2/c13-8-5-4-7(12(15,16)17)6-9(8)18-11-3-1-2-10(14)19-11/h1-6H,(H,18,19). The number of hydrogen-bond acceptors (Lipinski definition) is 2. The average Bonchev–Trinajstić information content (AvgIpc) is 2.30. The molecule has 19 heavy (non-hydrogen) atoms. The number of alkyl halides is 3. The molecule has 100 valence electrons. The number of hydrogen-bond donors (Lipinski definition) is 1. The maximum atomic E-state index is 12.6. The van der Waals surface area contributed by atoms with E-state index in [1.54, 1.807) is 18.2 Å². The number of halogens is 5. The molecule has 0 amide bonds. The summed E-state index contributed by atoms with van der Waals surface area (Å²) in [5, 5.41) is 2.84. The van der Waals surface area contributed by atoms with Crippen LogP contribution in [0.2, 0.25) is 0 Å². The van der Waals surface area contributed by atoms with Crippen LogP contribution < -0.4 is 5.32 Å². The molecule has 0 radical (unpaired) electrons. The molecule has 0 unspecified atom stereocenters. The Labute approximate surface area is 124 Å². The third-order valence-corrected chi connectivity index (χ3v) is 3.40. The van der Waals surface area contributed by atoms with Crippen LogP contribution in [0.25, 0.3) is 0 Å². The Bertz CT molecular complexity index is 600. The minimum Gasteiger partial charge on any atom is -0.339 e. The van der Waals surface area contributed by atoms with E-state index >= 15 is 0 Å². The summed E-state index contributed by atoms with van der Waals surface area (Å²) in [5.74, 6) is 0.453. The SMILES string of the molecule is FC(F)(F)c1ccc(Br)c(Nc2cccc(Br)n2)c1. The van der Waals surface area contributed by atoms with Crippen molar-refractivity contribution in [1.82, 2.24) is 4.98 Å². The molecule has 1 N–H and O–H groups in total. The molecule has 1 aromatic heterocycles. The van der Waals surface area contributed by atoms with Gasteiger partial charge in [-0.15, -0.1) is 0 Å². The lowest BCUT2D eigenvalue weighted by Gasteiger charge is -2.12. The average molecular weight is 396 g/mol. The first-order valence-corrected chi connectivity index (χ1v) is 6.71. The van der Waals surface area contributed by atoms with E-state index in [1.165, 1.54) is 6.07 Å². The summed E-state index contributed by atoms with van der Waals surface area (Å²) >= 11 is 6.40. The van der Waals surface area contributed by atoms with Crippen molar-refractivity contribution >= 4 is 43.4 Å². The van der Waals surface area contributed by atoms with Crippen LogP contribution in [-0.4, -0.2) is 4.98 Å². The first-order valence-electron chi connectivity index (χ1n) is 5.12. The van der Waals surface area contributed by atoms with Crippen molar-refractivity contribution in [2.24, 2.45) is 0 Å².